The molecule has 1 amide bonds. The zero-order valence-electron chi connectivity index (χ0n) is 13.5. The Hall–Kier alpha value is -1.36. The van der Waals surface area contributed by atoms with Crippen LogP contribution in [0.1, 0.15) is 49.4 Å². The minimum absolute atomic E-state index is 0.00805. The van der Waals surface area contributed by atoms with Crippen LogP contribution in [-0.2, 0) is 0 Å². The molecule has 1 aromatic heterocycles. The number of hydrogen-bond donors (Lipinski definition) is 0. The zero-order chi connectivity index (χ0) is 15.2. The first-order valence-corrected chi connectivity index (χ1v) is 8.01. The first-order valence-electron chi connectivity index (χ1n) is 8.01. The van der Waals surface area contributed by atoms with Gasteiger partial charge >= 0.3 is 0 Å². The van der Waals surface area contributed by atoms with E-state index in [0.29, 0.717) is 11.5 Å². The molecule has 1 aliphatic heterocycles. The monoisotopic (exact) mass is 293 g/mol. The lowest BCUT2D eigenvalue weighted by Gasteiger charge is -2.34. The van der Waals surface area contributed by atoms with E-state index in [0.717, 1.165) is 38.6 Å². The van der Waals surface area contributed by atoms with E-state index in [4.69, 9.17) is 4.52 Å². The number of amides is 1. The van der Waals surface area contributed by atoms with Crippen LogP contribution in [0.3, 0.4) is 0 Å². The molecule has 2 rings (SSSR count). The van der Waals surface area contributed by atoms with Gasteiger partial charge in [-0.25, -0.2) is 0 Å². The van der Waals surface area contributed by atoms with Crippen molar-refractivity contribution in [1.82, 2.24) is 15.0 Å². The number of unbranched alkanes of at least 4 members (excludes halogenated alkanes) is 1. The van der Waals surface area contributed by atoms with Gasteiger partial charge < -0.3 is 9.42 Å². The Morgan fingerprint density at radius 3 is 2.57 bits per heavy atom. The van der Waals surface area contributed by atoms with Crippen molar-refractivity contribution in [3.8, 4) is 0 Å². The number of hydrogen-bond acceptors (Lipinski definition) is 4. The lowest BCUT2D eigenvalue weighted by Crippen LogP contribution is -2.48. The molecule has 0 saturated carbocycles. The van der Waals surface area contributed by atoms with E-state index in [9.17, 15) is 4.79 Å². The predicted octanol–water partition coefficient (Wildman–Crippen LogP) is 2.57. The van der Waals surface area contributed by atoms with E-state index in [2.05, 4.69) is 23.9 Å². The van der Waals surface area contributed by atoms with Gasteiger partial charge in [0.25, 0.3) is 5.91 Å². The summed E-state index contributed by atoms with van der Waals surface area (Å²) in [6.07, 6.45) is 3.87. The topological polar surface area (TPSA) is 49.6 Å². The first kappa shape index (κ1) is 16.0. The van der Waals surface area contributed by atoms with Gasteiger partial charge in [0.1, 0.15) is 5.76 Å². The highest BCUT2D eigenvalue weighted by Crippen LogP contribution is 2.11. The van der Waals surface area contributed by atoms with Gasteiger partial charge in [-0.05, 0) is 25.8 Å². The Kier molecular flexibility index (Phi) is 5.79. The van der Waals surface area contributed by atoms with Crippen LogP contribution in [-0.4, -0.2) is 53.6 Å². The van der Waals surface area contributed by atoms with E-state index in [1.165, 1.54) is 19.3 Å². The summed E-state index contributed by atoms with van der Waals surface area (Å²) in [6, 6.07) is 1.71. The van der Waals surface area contributed by atoms with E-state index in [-0.39, 0.29) is 5.91 Å². The third kappa shape index (κ3) is 4.84. The van der Waals surface area contributed by atoms with E-state index >= 15 is 0 Å². The molecule has 1 aromatic rings. The SMILES string of the molecule is Cc1cc(C(=O)N2CCN(CCCCC(C)C)CC2)no1. The van der Waals surface area contributed by atoms with Gasteiger partial charge in [-0.3, -0.25) is 9.69 Å². The van der Waals surface area contributed by atoms with Crippen LogP contribution < -0.4 is 0 Å². The molecule has 1 aliphatic rings. The molecular formula is C16H27N3O2. The molecule has 1 fully saturated rings. The third-order valence-corrected chi connectivity index (χ3v) is 4.01. The smallest absolute Gasteiger partial charge is 0.276 e. The fourth-order valence-electron chi connectivity index (χ4n) is 2.69. The van der Waals surface area contributed by atoms with E-state index < -0.39 is 0 Å². The molecule has 0 aliphatic carbocycles. The maximum absolute atomic E-state index is 12.2. The van der Waals surface area contributed by atoms with Crippen molar-refractivity contribution in [3.63, 3.8) is 0 Å². The average molecular weight is 293 g/mol. The van der Waals surface area contributed by atoms with Gasteiger partial charge in [-0.15, -0.1) is 0 Å². The number of aryl methyl sites for hydroxylation is 1. The summed E-state index contributed by atoms with van der Waals surface area (Å²) in [5.74, 6) is 1.47. The number of nitrogens with zero attached hydrogens (tertiary/aromatic N) is 3. The standard InChI is InChI=1S/C16H27N3O2/c1-13(2)6-4-5-7-18-8-10-19(11-9-18)16(20)15-12-14(3)21-17-15/h12-13H,4-11H2,1-3H3. The number of carbonyl (C=O) groups is 1. The van der Waals surface area contributed by atoms with Crippen molar-refractivity contribution in [3.05, 3.63) is 17.5 Å². The van der Waals surface area contributed by atoms with Gasteiger partial charge in [0.2, 0.25) is 0 Å². The summed E-state index contributed by atoms with van der Waals surface area (Å²) in [6.45, 7) is 11.0. The van der Waals surface area contributed by atoms with Crippen molar-refractivity contribution >= 4 is 5.91 Å². The zero-order valence-corrected chi connectivity index (χ0v) is 13.5. The lowest BCUT2D eigenvalue weighted by molar-refractivity contribution is 0.0625. The van der Waals surface area contributed by atoms with Gasteiger partial charge in [-0.1, -0.05) is 31.8 Å². The highest BCUT2D eigenvalue weighted by molar-refractivity contribution is 5.92. The third-order valence-electron chi connectivity index (χ3n) is 4.01. The number of piperazine rings is 1. The Morgan fingerprint density at radius 2 is 2.00 bits per heavy atom. The maximum atomic E-state index is 12.2. The van der Waals surface area contributed by atoms with Crippen LogP contribution in [0, 0.1) is 12.8 Å². The molecule has 2 heterocycles. The molecular weight excluding hydrogens is 266 g/mol. The molecule has 1 saturated heterocycles. The molecule has 0 atom stereocenters. The summed E-state index contributed by atoms with van der Waals surface area (Å²) in [4.78, 5) is 16.6. The molecule has 0 unspecified atom stereocenters. The molecule has 5 heteroatoms. The number of carbonyl (C=O) groups excluding carboxylic acids is 1. The lowest BCUT2D eigenvalue weighted by atomic mass is 10.1. The van der Waals surface area contributed by atoms with Crippen molar-refractivity contribution in [2.45, 2.75) is 40.0 Å². The minimum atomic E-state index is -0.00805. The molecule has 5 nitrogen and oxygen atoms in total. The second kappa shape index (κ2) is 7.59. The summed E-state index contributed by atoms with van der Waals surface area (Å²) in [5, 5.41) is 3.81. The van der Waals surface area contributed by atoms with Crippen LogP contribution in [0.15, 0.2) is 10.6 Å². The second-order valence-electron chi connectivity index (χ2n) is 6.35. The molecule has 118 valence electrons. The largest absolute Gasteiger partial charge is 0.361 e. The van der Waals surface area contributed by atoms with Gasteiger partial charge in [0.05, 0.1) is 0 Å². The summed E-state index contributed by atoms with van der Waals surface area (Å²) < 4.78 is 4.97. The highest BCUT2D eigenvalue weighted by Gasteiger charge is 2.23. The van der Waals surface area contributed by atoms with Crippen LogP contribution in [0.2, 0.25) is 0 Å². The van der Waals surface area contributed by atoms with Crippen molar-refractivity contribution in [2.75, 3.05) is 32.7 Å². The molecule has 0 radical (unpaired) electrons. The average Bonchev–Trinajstić information content (AvgIpc) is 2.90. The fourth-order valence-corrected chi connectivity index (χ4v) is 2.69. The maximum Gasteiger partial charge on any atom is 0.276 e. The van der Waals surface area contributed by atoms with E-state index in [1.54, 1.807) is 13.0 Å². The van der Waals surface area contributed by atoms with Crippen LogP contribution in [0.25, 0.3) is 0 Å². The summed E-state index contributed by atoms with van der Waals surface area (Å²) in [7, 11) is 0. The summed E-state index contributed by atoms with van der Waals surface area (Å²) in [5.41, 5.74) is 0.429. The molecule has 0 N–H and O–H groups in total. The van der Waals surface area contributed by atoms with Gasteiger partial charge in [0, 0.05) is 32.2 Å². The highest BCUT2D eigenvalue weighted by atomic mass is 16.5. The Labute approximate surface area is 127 Å². The normalized spacial score (nSPS) is 16.7. The predicted molar refractivity (Wildman–Crippen MR) is 82.3 cm³/mol. The van der Waals surface area contributed by atoms with Gasteiger partial charge in [-0.2, -0.15) is 0 Å². The van der Waals surface area contributed by atoms with Crippen molar-refractivity contribution < 1.29 is 9.32 Å². The quantitative estimate of drug-likeness (QED) is 0.756. The molecule has 21 heavy (non-hydrogen) atoms. The first-order chi connectivity index (χ1) is 10.1. The summed E-state index contributed by atoms with van der Waals surface area (Å²) >= 11 is 0. The second-order valence-corrected chi connectivity index (χ2v) is 6.35. The minimum Gasteiger partial charge on any atom is -0.361 e. The number of aromatic nitrogens is 1. The Morgan fingerprint density at radius 1 is 1.29 bits per heavy atom. The van der Waals surface area contributed by atoms with Gasteiger partial charge in [0.15, 0.2) is 5.69 Å². The van der Waals surface area contributed by atoms with Crippen LogP contribution >= 0.6 is 0 Å². The van der Waals surface area contributed by atoms with Crippen LogP contribution in [0.4, 0.5) is 0 Å². The molecule has 0 bridgehead atoms. The molecule has 0 spiro atoms. The Balaban J connectivity index is 1.69. The van der Waals surface area contributed by atoms with Crippen molar-refractivity contribution in [2.24, 2.45) is 5.92 Å². The van der Waals surface area contributed by atoms with Crippen molar-refractivity contribution in [1.29, 1.82) is 0 Å². The fraction of sp³-hybridized carbons (Fsp3) is 0.750. The van der Waals surface area contributed by atoms with Crippen LogP contribution in [0.5, 0.6) is 0 Å². The Bertz CT molecular complexity index is 448. The molecule has 0 aromatic carbocycles. The van der Waals surface area contributed by atoms with E-state index in [1.807, 2.05) is 4.90 Å². The number of rotatable bonds is 6.